The predicted molar refractivity (Wildman–Crippen MR) is 39.8 cm³/mol. The largest absolute Gasteiger partial charge is 0.409 e. The summed E-state index contributed by atoms with van der Waals surface area (Å²) in [6, 6.07) is 1.15. The fourth-order valence-corrected chi connectivity index (χ4v) is 0.640. The van der Waals surface area contributed by atoms with E-state index >= 15 is 0 Å². The Morgan fingerprint density at radius 2 is 1.62 bits per heavy atom. The van der Waals surface area contributed by atoms with Crippen molar-refractivity contribution in [3.05, 3.63) is 6.07 Å². The molecule has 68 valence electrons. The van der Waals surface area contributed by atoms with Gasteiger partial charge in [-0.25, -0.2) is 0 Å². The van der Waals surface area contributed by atoms with Gasteiger partial charge < -0.3 is 15.2 Å². The van der Waals surface area contributed by atoms with E-state index in [2.05, 4.69) is 19.4 Å². The molecular formula is C6H5N3O4. The van der Waals surface area contributed by atoms with Crippen LogP contribution in [0.5, 0.6) is 11.8 Å². The lowest BCUT2D eigenvalue weighted by atomic mass is 10.6. The van der Waals surface area contributed by atoms with E-state index in [0.29, 0.717) is 0 Å². The molecule has 0 aliphatic heterocycles. The minimum Gasteiger partial charge on any atom is -0.409 e. The molecule has 13 heavy (non-hydrogen) atoms. The summed E-state index contributed by atoms with van der Waals surface area (Å²) in [6.45, 7) is 0.346. The van der Waals surface area contributed by atoms with E-state index in [9.17, 15) is 9.59 Å². The zero-order valence-corrected chi connectivity index (χ0v) is 6.34. The summed E-state index contributed by atoms with van der Waals surface area (Å²) in [5, 5.41) is 0. The Hall–Kier alpha value is -2.18. The summed E-state index contributed by atoms with van der Waals surface area (Å²) >= 11 is 0. The lowest BCUT2D eigenvalue weighted by Gasteiger charge is -2.00. The van der Waals surface area contributed by atoms with E-state index in [4.69, 9.17) is 5.73 Å². The average Bonchev–Trinajstić information content (AvgIpc) is 2.04. The van der Waals surface area contributed by atoms with Crippen molar-refractivity contribution < 1.29 is 19.1 Å². The second-order valence-electron chi connectivity index (χ2n) is 1.83. The maximum atomic E-state index is 9.92. The minimum atomic E-state index is -0.156. The Kier molecular flexibility index (Phi) is 2.74. The van der Waals surface area contributed by atoms with Gasteiger partial charge in [0.15, 0.2) is 0 Å². The maximum Gasteiger partial charge on any atom is 0.299 e. The van der Waals surface area contributed by atoms with E-state index in [1.807, 2.05) is 0 Å². The summed E-state index contributed by atoms with van der Waals surface area (Å²) in [4.78, 5) is 26.9. The van der Waals surface area contributed by atoms with Gasteiger partial charge in [-0.1, -0.05) is 0 Å². The van der Waals surface area contributed by atoms with Crippen LogP contribution in [0.1, 0.15) is 0 Å². The van der Waals surface area contributed by atoms with E-state index < -0.39 is 0 Å². The number of nitrogens with two attached hydrogens (primary N) is 1. The Morgan fingerprint density at radius 3 is 2.00 bits per heavy atom. The van der Waals surface area contributed by atoms with E-state index in [1.54, 1.807) is 0 Å². The number of aromatic nitrogens is 2. The number of carbonyl (C=O) groups excluding carboxylic acids is 2. The van der Waals surface area contributed by atoms with Gasteiger partial charge in [0.25, 0.3) is 12.9 Å². The maximum absolute atomic E-state index is 9.92. The van der Waals surface area contributed by atoms with Gasteiger partial charge in [-0.3, -0.25) is 9.59 Å². The van der Waals surface area contributed by atoms with E-state index in [-0.39, 0.29) is 30.7 Å². The van der Waals surface area contributed by atoms with Crippen molar-refractivity contribution in [2.45, 2.75) is 0 Å². The number of hydrogen-bond acceptors (Lipinski definition) is 7. The molecule has 0 saturated heterocycles. The van der Waals surface area contributed by atoms with Crippen LogP contribution >= 0.6 is 0 Å². The van der Waals surface area contributed by atoms with Crippen molar-refractivity contribution in [2.75, 3.05) is 5.73 Å². The molecule has 7 heteroatoms. The number of ether oxygens (including phenoxy) is 2. The highest BCUT2D eigenvalue weighted by atomic mass is 16.5. The average molecular weight is 183 g/mol. The Balaban J connectivity index is 2.95. The van der Waals surface area contributed by atoms with Gasteiger partial charge >= 0.3 is 0 Å². The Morgan fingerprint density at radius 1 is 1.15 bits per heavy atom. The van der Waals surface area contributed by atoms with Crippen LogP contribution in [0.3, 0.4) is 0 Å². The molecule has 0 unspecified atom stereocenters. The summed E-state index contributed by atoms with van der Waals surface area (Å²) in [5.74, 6) is -0.324. The van der Waals surface area contributed by atoms with Gasteiger partial charge in [0.05, 0.1) is 6.07 Å². The van der Waals surface area contributed by atoms with Gasteiger partial charge in [-0.05, 0) is 0 Å². The Bertz CT molecular complexity index is 299. The third kappa shape index (κ3) is 2.40. The number of nitrogen functional groups attached to an aromatic ring is 1. The highest BCUT2D eigenvalue weighted by Gasteiger charge is 2.03. The van der Waals surface area contributed by atoms with Crippen molar-refractivity contribution in [2.24, 2.45) is 0 Å². The topological polar surface area (TPSA) is 104 Å². The van der Waals surface area contributed by atoms with Crippen molar-refractivity contribution in [3.63, 3.8) is 0 Å². The molecule has 0 radical (unpaired) electrons. The molecule has 1 rings (SSSR count). The molecule has 0 amide bonds. The lowest BCUT2D eigenvalue weighted by molar-refractivity contribution is -0.121. The molecule has 1 aromatic rings. The first-order valence-electron chi connectivity index (χ1n) is 3.11. The molecule has 1 heterocycles. The summed E-state index contributed by atoms with van der Waals surface area (Å²) < 4.78 is 8.73. The zero-order chi connectivity index (χ0) is 9.68. The van der Waals surface area contributed by atoms with Gasteiger partial charge in [0.1, 0.15) is 0 Å². The number of anilines is 1. The fourth-order valence-electron chi connectivity index (χ4n) is 0.640. The van der Waals surface area contributed by atoms with Crippen molar-refractivity contribution in [1.82, 2.24) is 9.97 Å². The molecule has 7 nitrogen and oxygen atoms in total. The van der Waals surface area contributed by atoms with Crippen LogP contribution in [0.15, 0.2) is 6.07 Å². The molecule has 2 N–H and O–H groups in total. The standard InChI is InChI=1S/C6H5N3O4/c7-6-8-4(12-2-10)1-5(9-6)13-3-11/h1-3H,(H2,7,8,9). The number of rotatable bonds is 4. The Labute approximate surface area is 72.5 Å². The van der Waals surface area contributed by atoms with Gasteiger partial charge in [0, 0.05) is 0 Å². The van der Waals surface area contributed by atoms with Crippen molar-refractivity contribution in [3.8, 4) is 11.8 Å². The highest BCUT2D eigenvalue weighted by molar-refractivity contribution is 5.47. The van der Waals surface area contributed by atoms with Crippen LogP contribution in [0, 0.1) is 0 Å². The van der Waals surface area contributed by atoms with Gasteiger partial charge in [0.2, 0.25) is 17.7 Å². The van der Waals surface area contributed by atoms with Crippen LogP contribution in [0.25, 0.3) is 0 Å². The molecule has 0 aliphatic rings. The van der Waals surface area contributed by atoms with Crippen LogP contribution < -0.4 is 15.2 Å². The van der Waals surface area contributed by atoms with E-state index in [1.165, 1.54) is 0 Å². The third-order valence-electron chi connectivity index (χ3n) is 1.03. The quantitative estimate of drug-likeness (QED) is 0.604. The molecule has 0 aliphatic carbocycles. The number of hydrogen-bond donors (Lipinski definition) is 1. The number of carbonyl (C=O) groups is 2. The molecule has 0 saturated carbocycles. The third-order valence-corrected chi connectivity index (χ3v) is 1.03. The SMILES string of the molecule is Nc1nc(OC=O)cc(OC=O)n1. The molecule has 0 fully saturated rings. The van der Waals surface area contributed by atoms with Crippen molar-refractivity contribution >= 4 is 18.9 Å². The number of nitrogens with zero attached hydrogens (tertiary/aromatic N) is 2. The smallest absolute Gasteiger partial charge is 0.299 e. The molecule has 1 aromatic heterocycles. The van der Waals surface area contributed by atoms with Crippen LogP contribution in [-0.4, -0.2) is 22.9 Å². The summed E-state index contributed by atoms with van der Waals surface area (Å²) in [5.41, 5.74) is 5.21. The molecule has 0 atom stereocenters. The second kappa shape index (κ2) is 4.00. The first-order chi connectivity index (χ1) is 6.26. The van der Waals surface area contributed by atoms with Crippen molar-refractivity contribution in [1.29, 1.82) is 0 Å². The zero-order valence-electron chi connectivity index (χ0n) is 6.34. The van der Waals surface area contributed by atoms with Crippen LogP contribution in [-0.2, 0) is 9.59 Å². The van der Waals surface area contributed by atoms with Crippen LogP contribution in [0.4, 0.5) is 5.95 Å². The van der Waals surface area contributed by atoms with Gasteiger partial charge in [-0.2, -0.15) is 9.97 Å². The van der Waals surface area contributed by atoms with Crippen LogP contribution in [0.2, 0.25) is 0 Å². The highest BCUT2D eigenvalue weighted by Crippen LogP contribution is 2.15. The normalized spacial score (nSPS) is 8.92. The molecular weight excluding hydrogens is 178 g/mol. The monoisotopic (exact) mass is 183 g/mol. The van der Waals surface area contributed by atoms with E-state index in [0.717, 1.165) is 6.07 Å². The second-order valence-corrected chi connectivity index (χ2v) is 1.83. The molecule has 0 bridgehead atoms. The first-order valence-corrected chi connectivity index (χ1v) is 3.11. The minimum absolute atomic E-state index is 0.0839. The van der Waals surface area contributed by atoms with Gasteiger partial charge in [-0.15, -0.1) is 0 Å². The molecule has 0 aromatic carbocycles. The summed E-state index contributed by atoms with van der Waals surface area (Å²) in [6.07, 6.45) is 0. The molecule has 0 spiro atoms. The lowest BCUT2D eigenvalue weighted by Crippen LogP contribution is -2.01. The fraction of sp³-hybridized carbons (Fsp3) is 0. The summed E-state index contributed by atoms with van der Waals surface area (Å²) in [7, 11) is 0. The first kappa shape index (κ1) is 8.91. The predicted octanol–water partition coefficient (Wildman–Crippen LogP) is -0.871.